The molecular weight excluding hydrogens is 228 g/mol. The highest BCUT2D eigenvalue weighted by Gasteiger charge is 2.15. The molecular formula is C14H28N2O2. The average molecular weight is 256 g/mol. The lowest BCUT2D eigenvalue weighted by molar-refractivity contribution is 0.0528. The lowest BCUT2D eigenvalue weighted by atomic mass is 9.95. The molecule has 3 N–H and O–H groups in total. The second-order valence-electron chi connectivity index (χ2n) is 5.67. The maximum Gasteiger partial charge on any atom is 0.407 e. The van der Waals surface area contributed by atoms with E-state index in [1.54, 1.807) is 0 Å². The molecule has 1 unspecified atom stereocenters. The van der Waals surface area contributed by atoms with E-state index in [1.807, 2.05) is 20.8 Å². The van der Waals surface area contributed by atoms with Crippen molar-refractivity contribution < 1.29 is 9.53 Å². The molecule has 0 bridgehead atoms. The van der Waals surface area contributed by atoms with Gasteiger partial charge in [0.25, 0.3) is 0 Å². The predicted octanol–water partition coefficient (Wildman–Crippen LogP) is 2.83. The summed E-state index contributed by atoms with van der Waals surface area (Å²) < 4.78 is 5.15. The first-order valence-electron chi connectivity index (χ1n) is 6.61. The maximum atomic E-state index is 11.4. The van der Waals surface area contributed by atoms with E-state index in [0.717, 1.165) is 24.8 Å². The van der Waals surface area contributed by atoms with Crippen molar-refractivity contribution in [1.29, 1.82) is 0 Å². The van der Waals surface area contributed by atoms with E-state index in [1.165, 1.54) is 0 Å². The number of hydrogen-bond donors (Lipinski definition) is 2. The van der Waals surface area contributed by atoms with Crippen molar-refractivity contribution in [2.24, 2.45) is 11.7 Å². The van der Waals surface area contributed by atoms with Crippen molar-refractivity contribution in [1.82, 2.24) is 5.32 Å². The second kappa shape index (κ2) is 8.14. The quantitative estimate of drug-likeness (QED) is 0.688. The molecule has 0 spiro atoms. The molecule has 0 aliphatic rings. The number of rotatable bonds is 7. The van der Waals surface area contributed by atoms with E-state index in [9.17, 15) is 4.79 Å². The highest BCUT2D eigenvalue weighted by atomic mass is 16.6. The molecule has 18 heavy (non-hydrogen) atoms. The van der Waals surface area contributed by atoms with Gasteiger partial charge < -0.3 is 15.8 Å². The Morgan fingerprint density at radius 1 is 1.44 bits per heavy atom. The molecule has 4 nitrogen and oxygen atoms in total. The molecule has 0 fully saturated rings. The number of carbonyl (C=O) groups is 1. The third-order valence-corrected chi connectivity index (χ3v) is 2.65. The average Bonchev–Trinajstić information content (AvgIpc) is 2.23. The topological polar surface area (TPSA) is 64.3 Å². The van der Waals surface area contributed by atoms with E-state index in [-0.39, 0.29) is 6.09 Å². The van der Waals surface area contributed by atoms with Crippen LogP contribution in [0.25, 0.3) is 0 Å². The van der Waals surface area contributed by atoms with Crippen LogP contribution in [0.3, 0.4) is 0 Å². The van der Waals surface area contributed by atoms with Gasteiger partial charge in [-0.3, -0.25) is 0 Å². The minimum Gasteiger partial charge on any atom is -0.444 e. The van der Waals surface area contributed by atoms with Crippen LogP contribution in [0.2, 0.25) is 0 Å². The van der Waals surface area contributed by atoms with Crippen molar-refractivity contribution in [3.63, 3.8) is 0 Å². The van der Waals surface area contributed by atoms with Crippen LogP contribution in [0.15, 0.2) is 12.2 Å². The molecule has 1 atom stereocenters. The SMILES string of the molecule is C=C(CCNC(=O)OC(C)(C)C)C(C)CCCN. The molecule has 0 radical (unpaired) electrons. The second-order valence-corrected chi connectivity index (χ2v) is 5.67. The summed E-state index contributed by atoms with van der Waals surface area (Å²) in [7, 11) is 0. The molecule has 0 saturated carbocycles. The molecule has 0 saturated heterocycles. The number of hydrogen-bond acceptors (Lipinski definition) is 3. The molecule has 0 aromatic carbocycles. The zero-order valence-corrected chi connectivity index (χ0v) is 12.2. The predicted molar refractivity (Wildman–Crippen MR) is 75.4 cm³/mol. The van der Waals surface area contributed by atoms with Crippen LogP contribution in [-0.2, 0) is 4.74 Å². The van der Waals surface area contributed by atoms with Crippen LogP contribution >= 0.6 is 0 Å². The third kappa shape index (κ3) is 9.05. The highest BCUT2D eigenvalue weighted by Crippen LogP contribution is 2.17. The smallest absolute Gasteiger partial charge is 0.407 e. The monoisotopic (exact) mass is 256 g/mol. The summed E-state index contributed by atoms with van der Waals surface area (Å²) in [5.41, 5.74) is 6.18. The van der Waals surface area contributed by atoms with E-state index in [2.05, 4.69) is 18.8 Å². The molecule has 0 heterocycles. The minimum absolute atomic E-state index is 0.370. The largest absolute Gasteiger partial charge is 0.444 e. The molecule has 0 aliphatic heterocycles. The minimum atomic E-state index is -0.449. The zero-order chi connectivity index (χ0) is 14.2. The number of carbonyl (C=O) groups excluding carboxylic acids is 1. The van der Waals surface area contributed by atoms with Crippen LogP contribution in [0, 0.1) is 5.92 Å². The zero-order valence-electron chi connectivity index (χ0n) is 12.2. The number of nitrogens with one attached hydrogen (secondary N) is 1. The molecule has 0 aliphatic carbocycles. The van der Waals surface area contributed by atoms with E-state index in [0.29, 0.717) is 19.0 Å². The number of ether oxygens (including phenoxy) is 1. The van der Waals surface area contributed by atoms with Crippen molar-refractivity contribution in [3.8, 4) is 0 Å². The van der Waals surface area contributed by atoms with Crippen LogP contribution < -0.4 is 11.1 Å². The van der Waals surface area contributed by atoms with Crippen molar-refractivity contribution >= 4 is 6.09 Å². The van der Waals surface area contributed by atoms with Gasteiger partial charge in [0, 0.05) is 6.54 Å². The van der Waals surface area contributed by atoms with Crippen molar-refractivity contribution in [2.75, 3.05) is 13.1 Å². The van der Waals surface area contributed by atoms with Gasteiger partial charge in [0.15, 0.2) is 0 Å². The van der Waals surface area contributed by atoms with Crippen LogP contribution in [-0.4, -0.2) is 24.8 Å². The summed E-state index contributed by atoms with van der Waals surface area (Å²) in [6.07, 6.45) is 2.48. The lowest BCUT2D eigenvalue weighted by Crippen LogP contribution is -2.33. The first-order valence-corrected chi connectivity index (χ1v) is 6.61. The van der Waals surface area contributed by atoms with Gasteiger partial charge in [-0.05, 0) is 52.5 Å². The fraction of sp³-hybridized carbons (Fsp3) is 0.786. The van der Waals surface area contributed by atoms with Gasteiger partial charge in [0.05, 0.1) is 0 Å². The molecule has 0 rings (SSSR count). The van der Waals surface area contributed by atoms with Gasteiger partial charge in [-0.15, -0.1) is 0 Å². The molecule has 0 aromatic rings. The van der Waals surface area contributed by atoms with Gasteiger partial charge in [-0.1, -0.05) is 19.1 Å². The Morgan fingerprint density at radius 3 is 2.56 bits per heavy atom. The first kappa shape index (κ1) is 17.0. The summed E-state index contributed by atoms with van der Waals surface area (Å²) in [5, 5.41) is 2.73. The summed E-state index contributed by atoms with van der Waals surface area (Å²) in [5.74, 6) is 0.453. The van der Waals surface area contributed by atoms with E-state index < -0.39 is 5.60 Å². The number of amides is 1. The Labute approximate surface area is 111 Å². The van der Waals surface area contributed by atoms with Crippen molar-refractivity contribution in [2.45, 2.75) is 52.6 Å². The van der Waals surface area contributed by atoms with Gasteiger partial charge >= 0.3 is 6.09 Å². The standard InChI is InChI=1S/C14H28N2O2/c1-11(7-6-9-15)12(2)8-10-16-13(17)18-14(3,4)5/h11H,2,6-10,15H2,1,3-5H3,(H,16,17). The summed E-state index contributed by atoms with van der Waals surface area (Å²) in [6, 6.07) is 0. The van der Waals surface area contributed by atoms with Crippen molar-refractivity contribution in [3.05, 3.63) is 12.2 Å². The Bertz CT molecular complexity index is 269. The third-order valence-electron chi connectivity index (χ3n) is 2.65. The molecule has 4 heteroatoms. The summed E-state index contributed by atoms with van der Waals surface area (Å²) >= 11 is 0. The fourth-order valence-corrected chi connectivity index (χ4v) is 1.51. The maximum absolute atomic E-state index is 11.4. The van der Waals surface area contributed by atoms with Gasteiger partial charge in [0.1, 0.15) is 5.60 Å². The molecule has 1 amide bonds. The normalized spacial score (nSPS) is 12.9. The van der Waals surface area contributed by atoms with Crippen LogP contribution in [0.5, 0.6) is 0 Å². The van der Waals surface area contributed by atoms with E-state index in [4.69, 9.17) is 10.5 Å². The van der Waals surface area contributed by atoms with Gasteiger partial charge in [-0.2, -0.15) is 0 Å². The van der Waals surface area contributed by atoms with Crippen LogP contribution in [0.1, 0.15) is 47.0 Å². The molecule has 106 valence electrons. The molecule has 0 aromatic heterocycles. The van der Waals surface area contributed by atoms with Gasteiger partial charge in [-0.25, -0.2) is 4.79 Å². The Balaban J connectivity index is 3.77. The summed E-state index contributed by atoms with van der Waals surface area (Å²) in [6.45, 7) is 13.0. The fourth-order valence-electron chi connectivity index (χ4n) is 1.51. The Morgan fingerprint density at radius 2 is 2.06 bits per heavy atom. The lowest BCUT2D eigenvalue weighted by Gasteiger charge is -2.20. The summed E-state index contributed by atoms with van der Waals surface area (Å²) in [4.78, 5) is 11.4. The first-order chi connectivity index (χ1) is 8.26. The van der Waals surface area contributed by atoms with Crippen LogP contribution in [0.4, 0.5) is 4.79 Å². The van der Waals surface area contributed by atoms with E-state index >= 15 is 0 Å². The number of nitrogens with two attached hydrogens (primary N) is 1. The number of alkyl carbamates (subject to hydrolysis) is 1. The Hall–Kier alpha value is -1.03. The van der Waals surface area contributed by atoms with Gasteiger partial charge in [0.2, 0.25) is 0 Å². The highest BCUT2D eigenvalue weighted by molar-refractivity contribution is 5.67. The Kier molecular flexibility index (Phi) is 7.67.